The minimum atomic E-state index is -4.76. The van der Waals surface area contributed by atoms with Crippen molar-refractivity contribution in [2.45, 2.75) is 6.36 Å². The van der Waals surface area contributed by atoms with Crippen molar-refractivity contribution < 1.29 is 17.9 Å². The third kappa shape index (κ3) is 3.01. The number of benzene rings is 1. The predicted octanol–water partition coefficient (Wildman–Crippen LogP) is 4.11. The second kappa shape index (κ2) is 4.86. The van der Waals surface area contributed by atoms with Gasteiger partial charge in [-0.25, -0.2) is 0 Å². The summed E-state index contributed by atoms with van der Waals surface area (Å²) in [5, 5.41) is 9.15. The van der Waals surface area contributed by atoms with Gasteiger partial charge in [0.1, 0.15) is 11.8 Å². The molecule has 0 unspecified atom stereocenters. The Morgan fingerprint density at radius 2 is 2.05 bits per heavy atom. The van der Waals surface area contributed by atoms with Crippen LogP contribution >= 0.6 is 11.6 Å². The van der Waals surface area contributed by atoms with Crippen LogP contribution in [-0.2, 0) is 0 Å². The average Bonchev–Trinajstić information content (AvgIpc) is 2.68. The summed E-state index contributed by atoms with van der Waals surface area (Å²) in [6, 6.07) is 7.18. The quantitative estimate of drug-likeness (QED) is 0.903. The Bertz CT molecular complexity index is 643. The van der Waals surface area contributed by atoms with Gasteiger partial charge in [0.2, 0.25) is 0 Å². The molecule has 0 aliphatic carbocycles. The molecule has 1 aromatic heterocycles. The van der Waals surface area contributed by atoms with E-state index in [2.05, 4.69) is 9.72 Å². The van der Waals surface area contributed by atoms with Crippen LogP contribution in [0.5, 0.6) is 5.75 Å². The van der Waals surface area contributed by atoms with E-state index in [0.717, 1.165) is 0 Å². The summed E-state index contributed by atoms with van der Waals surface area (Å²) in [6.45, 7) is 0. The Balaban J connectivity index is 2.41. The molecule has 2 aromatic rings. The van der Waals surface area contributed by atoms with Crippen molar-refractivity contribution >= 4 is 11.6 Å². The molecule has 3 nitrogen and oxygen atoms in total. The highest BCUT2D eigenvalue weighted by molar-refractivity contribution is 6.32. The van der Waals surface area contributed by atoms with Crippen LogP contribution in [0.2, 0.25) is 5.02 Å². The number of aromatic nitrogens is 1. The summed E-state index contributed by atoms with van der Waals surface area (Å²) < 4.78 is 40.2. The van der Waals surface area contributed by atoms with Gasteiger partial charge in [-0.05, 0) is 12.1 Å². The molecule has 0 bridgehead atoms. The second-order valence-electron chi connectivity index (χ2n) is 3.57. The molecule has 98 valence electrons. The number of nitrogens with zero attached hydrogens (tertiary/aromatic N) is 1. The van der Waals surface area contributed by atoms with Crippen molar-refractivity contribution in [1.29, 1.82) is 5.26 Å². The molecule has 0 saturated carbocycles. The zero-order chi connectivity index (χ0) is 14.0. The van der Waals surface area contributed by atoms with Crippen molar-refractivity contribution in [3.63, 3.8) is 0 Å². The Hall–Kier alpha value is -2.13. The van der Waals surface area contributed by atoms with Gasteiger partial charge in [-0.3, -0.25) is 0 Å². The highest BCUT2D eigenvalue weighted by Crippen LogP contribution is 2.31. The van der Waals surface area contributed by atoms with Crippen LogP contribution in [0.1, 0.15) is 5.56 Å². The van der Waals surface area contributed by atoms with Crippen LogP contribution in [-0.4, -0.2) is 11.3 Å². The van der Waals surface area contributed by atoms with E-state index < -0.39 is 6.36 Å². The van der Waals surface area contributed by atoms with Crippen LogP contribution in [0, 0.1) is 11.3 Å². The first-order valence-corrected chi connectivity index (χ1v) is 5.41. The van der Waals surface area contributed by atoms with Gasteiger partial charge in [0, 0.05) is 11.8 Å². The molecule has 0 aliphatic rings. The summed E-state index contributed by atoms with van der Waals surface area (Å²) in [5.74, 6) is -0.361. The zero-order valence-corrected chi connectivity index (χ0v) is 10.0. The number of nitrogens with one attached hydrogen (secondary N) is 1. The maximum atomic E-state index is 12.1. The van der Waals surface area contributed by atoms with Crippen molar-refractivity contribution in [3.05, 3.63) is 41.0 Å². The van der Waals surface area contributed by atoms with Gasteiger partial charge in [0.25, 0.3) is 0 Å². The fraction of sp³-hybridized carbons (Fsp3) is 0.0833. The molecular weight excluding hydrogens is 281 g/mol. The number of ether oxygens (including phenoxy) is 1. The molecule has 19 heavy (non-hydrogen) atoms. The standard InChI is InChI=1S/C12H6ClF3N2O/c13-10-6-18-11(9(10)5-17)7-2-1-3-8(4-7)19-12(14,15)16/h1-4,6,18H. The SMILES string of the molecule is N#Cc1c(Cl)c[nH]c1-c1cccc(OC(F)(F)F)c1. The number of hydrogen-bond acceptors (Lipinski definition) is 2. The third-order valence-corrected chi connectivity index (χ3v) is 2.60. The fourth-order valence-corrected chi connectivity index (χ4v) is 1.78. The first kappa shape index (κ1) is 13.3. The Morgan fingerprint density at radius 3 is 2.68 bits per heavy atom. The monoisotopic (exact) mass is 286 g/mol. The Labute approximate surface area is 111 Å². The van der Waals surface area contributed by atoms with Crippen molar-refractivity contribution in [1.82, 2.24) is 4.98 Å². The van der Waals surface area contributed by atoms with Crippen molar-refractivity contribution in [2.24, 2.45) is 0 Å². The van der Waals surface area contributed by atoms with Gasteiger partial charge in [0.05, 0.1) is 16.3 Å². The van der Waals surface area contributed by atoms with E-state index in [1.165, 1.54) is 24.4 Å². The van der Waals surface area contributed by atoms with Crippen molar-refractivity contribution in [3.8, 4) is 23.1 Å². The summed E-state index contributed by atoms with van der Waals surface area (Å²) >= 11 is 5.78. The van der Waals surface area contributed by atoms with Crippen LogP contribution < -0.4 is 4.74 Å². The van der Waals surface area contributed by atoms with E-state index in [-0.39, 0.29) is 16.3 Å². The summed E-state index contributed by atoms with van der Waals surface area (Å²) in [7, 11) is 0. The van der Waals surface area contributed by atoms with Crippen molar-refractivity contribution in [2.75, 3.05) is 0 Å². The molecule has 0 aliphatic heterocycles. The van der Waals surface area contributed by atoms with E-state index in [4.69, 9.17) is 16.9 Å². The van der Waals surface area contributed by atoms with Crippen LogP contribution in [0.25, 0.3) is 11.3 Å². The van der Waals surface area contributed by atoms with Gasteiger partial charge >= 0.3 is 6.36 Å². The molecule has 7 heteroatoms. The smallest absolute Gasteiger partial charge is 0.406 e. The highest BCUT2D eigenvalue weighted by atomic mass is 35.5. The number of rotatable bonds is 2. The molecule has 0 spiro atoms. The van der Waals surface area contributed by atoms with E-state index in [1.807, 2.05) is 6.07 Å². The van der Waals surface area contributed by atoms with E-state index in [9.17, 15) is 13.2 Å². The number of alkyl halides is 3. The molecule has 0 radical (unpaired) electrons. The highest BCUT2D eigenvalue weighted by Gasteiger charge is 2.31. The van der Waals surface area contributed by atoms with E-state index in [1.54, 1.807) is 6.07 Å². The van der Waals surface area contributed by atoms with Gasteiger partial charge < -0.3 is 9.72 Å². The maximum absolute atomic E-state index is 12.1. The van der Waals surface area contributed by atoms with Gasteiger partial charge in [-0.2, -0.15) is 5.26 Å². The normalized spacial score (nSPS) is 11.1. The minimum Gasteiger partial charge on any atom is -0.406 e. The molecule has 0 saturated heterocycles. The van der Waals surface area contributed by atoms with Crippen LogP contribution in [0.15, 0.2) is 30.5 Å². The molecule has 2 rings (SSSR count). The van der Waals surface area contributed by atoms with Gasteiger partial charge in [-0.1, -0.05) is 23.7 Å². The lowest BCUT2D eigenvalue weighted by Crippen LogP contribution is -2.17. The van der Waals surface area contributed by atoms with E-state index in [0.29, 0.717) is 11.3 Å². The van der Waals surface area contributed by atoms with Gasteiger partial charge in [-0.15, -0.1) is 13.2 Å². The lowest BCUT2D eigenvalue weighted by atomic mass is 10.1. The first-order chi connectivity index (χ1) is 8.90. The zero-order valence-electron chi connectivity index (χ0n) is 9.25. The maximum Gasteiger partial charge on any atom is 0.573 e. The molecular formula is C12H6ClF3N2O. The average molecular weight is 287 g/mol. The summed E-state index contributed by atoms with van der Waals surface area (Å²) in [4.78, 5) is 2.74. The lowest BCUT2D eigenvalue weighted by molar-refractivity contribution is -0.274. The largest absolute Gasteiger partial charge is 0.573 e. The third-order valence-electron chi connectivity index (χ3n) is 2.30. The summed E-state index contributed by atoms with van der Waals surface area (Å²) in [5.41, 5.74) is 0.899. The fourth-order valence-electron chi connectivity index (χ4n) is 1.58. The molecule has 0 fully saturated rings. The molecule has 1 aromatic carbocycles. The number of H-pyrrole nitrogens is 1. The number of hydrogen-bond donors (Lipinski definition) is 1. The first-order valence-electron chi connectivity index (χ1n) is 5.04. The van der Waals surface area contributed by atoms with Crippen LogP contribution in [0.3, 0.4) is 0 Å². The Kier molecular flexibility index (Phi) is 3.40. The molecule has 0 amide bonds. The second-order valence-corrected chi connectivity index (χ2v) is 3.98. The molecule has 1 N–H and O–H groups in total. The molecule has 0 atom stereocenters. The number of halogens is 4. The lowest BCUT2D eigenvalue weighted by Gasteiger charge is -2.09. The predicted molar refractivity (Wildman–Crippen MR) is 62.6 cm³/mol. The summed E-state index contributed by atoms with van der Waals surface area (Å²) in [6.07, 6.45) is -3.36. The number of aromatic amines is 1. The number of nitriles is 1. The van der Waals surface area contributed by atoms with Gasteiger partial charge in [0.15, 0.2) is 0 Å². The minimum absolute atomic E-state index is 0.172. The molecule has 1 heterocycles. The van der Waals surface area contributed by atoms with E-state index >= 15 is 0 Å². The van der Waals surface area contributed by atoms with Crippen LogP contribution in [0.4, 0.5) is 13.2 Å². The topological polar surface area (TPSA) is 48.8 Å². The Morgan fingerprint density at radius 1 is 1.32 bits per heavy atom.